The van der Waals surface area contributed by atoms with E-state index in [9.17, 15) is 22.8 Å². The highest BCUT2D eigenvalue weighted by molar-refractivity contribution is 7.91. The van der Waals surface area contributed by atoms with Gasteiger partial charge in [0.05, 0.1) is 21.8 Å². The molecule has 0 bridgehead atoms. The average molecular weight is 751 g/mol. The third kappa shape index (κ3) is 7.01. The fourth-order valence-electron chi connectivity index (χ4n) is 7.47. The molecule has 3 N–H and O–H groups in total. The molecule has 0 spiro atoms. The van der Waals surface area contributed by atoms with E-state index in [1.54, 1.807) is 17.9 Å². The van der Waals surface area contributed by atoms with Gasteiger partial charge in [-0.25, -0.2) is 8.42 Å². The Bertz CT molecular complexity index is 2000. The summed E-state index contributed by atoms with van der Waals surface area (Å²) in [6.45, 7) is 5.75. The molecule has 1 aromatic heterocycles. The SMILES string of the molecule is CC(C)n1c(O[C@@H]2C[C@H]3C(=O)N[C@]4(C(=O)NS(=O)(=O)C5(C)CC5)C[C@H]4/C=C\CCCCC[C@H](Nc4ccccc4)C(=O)N3C2)nc2c(Cl)cccc21. The molecule has 2 aliphatic carbocycles. The van der Waals surface area contributed by atoms with Crippen molar-refractivity contribution in [2.24, 2.45) is 5.92 Å². The number of amides is 3. The minimum absolute atomic E-state index is 0.0258. The Balaban J connectivity index is 1.21. The molecule has 7 rings (SSSR count). The Morgan fingerprint density at radius 3 is 2.58 bits per heavy atom. The zero-order valence-electron chi connectivity index (χ0n) is 29.8. The number of para-hydroxylation sites is 2. The van der Waals surface area contributed by atoms with Gasteiger partial charge in [-0.3, -0.25) is 23.7 Å². The van der Waals surface area contributed by atoms with E-state index in [2.05, 4.69) is 15.4 Å². The number of benzene rings is 2. The molecular formula is C38H47ClN6O6S. The van der Waals surface area contributed by atoms with Gasteiger partial charge in [0.2, 0.25) is 21.8 Å². The predicted octanol–water partition coefficient (Wildman–Crippen LogP) is 5.49. The molecule has 4 aliphatic rings. The van der Waals surface area contributed by atoms with E-state index < -0.39 is 50.3 Å². The first-order valence-corrected chi connectivity index (χ1v) is 20.2. The number of sulfonamides is 1. The van der Waals surface area contributed by atoms with Crippen LogP contribution in [0.5, 0.6) is 6.01 Å². The number of halogens is 1. The molecule has 3 aromatic rings. The highest BCUT2D eigenvalue weighted by atomic mass is 35.5. The first-order valence-electron chi connectivity index (χ1n) is 18.3. The maximum atomic E-state index is 14.6. The van der Waals surface area contributed by atoms with Crippen molar-refractivity contribution in [3.05, 3.63) is 65.7 Å². The van der Waals surface area contributed by atoms with Crippen LogP contribution in [0.4, 0.5) is 5.69 Å². The quantitative estimate of drug-likeness (QED) is 0.256. The number of nitrogens with zero attached hydrogens (tertiary/aromatic N) is 3. The number of carbonyl (C=O) groups is 3. The minimum atomic E-state index is -3.95. The van der Waals surface area contributed by atoms with Gasteiger partial charge >= 0.3 is 0 Å². The Hall–Kier alpha value is -4.10. The number of anilines is 1. The van der Waals surface area contributed by atoms with Crippen molar-refractivity contribution >= 4 is 56.1 Å². The molecule has 0 radical (unpaired) electrons. The van der Waals surface area contributed by atoms with Crippen molar-refractivity contribution in [1.29, 1.82) is 0 Å². The third-order valence-corrected chi connectivity index (χ3v) is 13.5. The van der Waals surface area contributed by atoms with Crippen LogP contribution in [0.2, 0.25) is 5.02 Å². The van der Waals surface area contributed by atoms with Crippen molar-refractivity contribution in [2.75, 3.05) is 11.9 Å². The number of hydrogen-bond acceptors (Lipinski definition) is 8. The summed E-state index contributed by atoms with van der Waals surface area (Å²) in [6.07, 6.45) is 8.52. The standard InChI is InChI=1S/C38H47ClN6O6S/c1-24(2)45-30-18-12-16-28(39)32(30)41-36(45)51-27-21-31-33(46)42-38(35(48)43-52(49,50)37(3)19-20-37)22-25(38)13-8-5-4-6-11-17-29(34(47)44(31)23-27)40-26-14-9-7-10-15-26/h7-10,12-16,18,24-25,27,29,31,40H,4-6,11,17,19-23H2,1-3H3,(H,42,46)(H,43,48)/b13-8-/t25-,27-,29+,31+,38-/m1/s1. The molecule has 14 heteroatoms. The second-order valence-corrected chi connectivity index (χ2v) is 17.8. The molecule has 2 aliphatic heterocycles. The summed E-state index contributed by atoms with van der Waals surface area (Å²) >= 11 is 6.52. The van der Waals surface area contributed by atoms with Crippen molar-refractivity contribution in [1.82, 2.24) is 24.5 Å². The van der Waals surface area contributed by atoms with Crippen LogP contribution in [0.1, 0.15) is 84.6 Å². The predicted molar refractivity (Wildman–Crippen MR) is 199 cm³/mol. The van der Waals surface area contributed by atoms with Crippen LogP contribution >= 0.6 is 11.6 Å². The van der Waals surface area contributed by atoms with Crippen LogP contribution in [0.25, 0.3) is 11.0 Å². The van der Waals surface area contributed by atoms with E-state index >= 15 is 0 Å². The lowest BCUT2D eigenvalue weighted by atomic mass is 10.0. The Morgan fingerprint density at radius 2 is 1.85 bits per heavy atom. The molecule has 3 fully saturated rings. The smallest absolute Gasteiger partial charge is 0.297 e. The molecule has 52 heavy (non-hydrogen) atoms. The number of aromatic nitrogens is 2. The van der Waals surface area contributed by atoms with Gasteiger partial charge in [0.1, 0.15) is 29.2 Å². The summed E-state index contributed by atoms with van der Waals surface area (Å²) in [5.74, 6) is -1.92. The zero-order valence-corrected chi connectivity index (χ0v) is 31.4. The molecular weight excluding hydrogens is 704 g/mol. The highest BCUT2D eigenvalue weighted by Gasteiger charge is 2.63. The van der Waals surface area contributed by atoms with E-state index in [1.807, 2.05) is 73.0 Å². The van der Waals surface area contributed by atoms with E-state index in [0.717, 1.165) is 36.9 Å². The molecule has 2 aromatic carbocycles. The molecule has 3 heterocycles. The summed E-state index contributed by atoms with van der Waals surface area (Å²) < 4.78 is 36.1. The van der Waals surface area contributed by atoms with Crippen molar-refractivity contribution < 1.29 is 27.5 Å². The van der Waals surface area contributed by atoms with Gasteiger partial charge < -0.3 is 20.3 Å². The maximum absolute atomic E-state index is 14.6. The number of rotatable bonds is 8. The molecule has 12 nitrogen and oxygen atoms in total. The van der Waals surface area contributed by atoms with Crippen LogP contribution in [-0.2, 0) is 24.4 Å². The van der Waals surface area contributed by atoms with Gasteiger partial charge in [0.25, 0.3) is 11.9 Å². The van der Waals surface area contributed by atoms with E-state index in [4.69, 9.17) is 21.3 Å². The Kier molecular flexibility index (Phi) is 9.79. The second kappa shape index (κ2) is 14.0. The molecule has 1 saturated heterocycles. The summed E-state index contributed by atoms with van der Waals surface area (Å²) in [7, 11) is -3.95. The van der Waals surface area contributed by atoms with Crippen molar-refractivity contribution in [2.45, 2.75) is 113 Å². The van der Waals surface area contributed by atoms with Gasteiger partial charge in [-0.2, -0.15) is 4.98 Å². The molecule has 0 unspecified atom stereocenters. The fraction of sp³-hybridized carbons (Fsp3) is 0.526. The van der Waals surface area contributed by atoms with Gasteiger partial charge in [-0.15, -0.1) is 0 Å². The first-order chi connectivity index (χ1) is 24.8. The summed E-state index contributed by atoms with van der Waals surface area (Å²) in [4.78, 5) is 49.2. The van der Waals surface area contributed by atoms with Gasteiger partial charge in [0, 0.05) is 24.1 Å². The van der Waals surface area contributed by atoms with Crippen LogP contribution in [-0.4, -0.2) is 75.6 Å². The van der Waals surface area contributed by atoms with Crippen LogP contribution in [0.15, 0.2) is 60.7 Å². The van der Waals surface area contributed by atoms with Gasteiger partial charge in [-0.05, 0) is 83.6 Å². The number of carbonyl (C=O) groups excluding carboxylic acids is 3. The molecule has 5 atom stereocenters. The Labute approximate surface area is 309 Å². The van der Waals surface area contributed by atoms with Crippen molar-refractivity contribution in [3.63, 3.8) is 0 Å². The summed E-state index contributed by atoms with van der Waals surface area (Å²) in [6, 6.07) is 13.8. The first kappa shape index (κ1) is 36.3. The van der Waals surface area contributed by atoms with E-state index in [0.29, 0.717) is 35.8 Å². The lowest BCUT2D eigenvalue weighted by Gasteiger charge is -2.30. The van der Waals surface area contributed by atoms with Crippen molar-refractivity contribution in [3.8, 4) is 6.01 Å². The fourth-order valence-corrected chi connectivity index (χ4v) is 9.00. The monoisotopic (exact) mass is 750 g/mol. The molecule has 2 saturated carbocycles. The highest BCUT2D eigenvalue weighted by Crippen LogP contribution is 2.47. The number of nitrogens with one attached hydrogen (secondary N) is 3. The number of fused-ring (bicyclic) bond motifs is 3. The van der Waals surface area contributed by atoms with E-state index in [-0.39, 0.29) is 37.3 Å². The average Bonchev–Trinajstić information content (AvgIpc) is 3.92. The lowest BCUT2D eigenvalue weighted by Crippen LogP contribution is -2.58. The largest absolute Gasteiger partial charge is 0.459 e. The number of hydrogen-bond donors (Lipinski definition) is 3. The van der Waals surface area contributed by atoms with Gasteiger partial charge in [0.15, 0.2) is 0 Å². The summed E-state index contributed by atoms with van der Waals surface area (Å²) in [5, 5.41) is 6.85. The Morgan fingerprint density at radius 1 is 1.08 bits per heavy atom. The van der Waals surface area contributed by atoms with Crippen LogP contribution in [0.3, 0.4) is 0 Å². The number of imidazole rings is 1. The minimum Gasteiger partial charge on any atom is -0.459 e. The van der Waals surface area contributed by atoms with E-state index in [1.165, 1.54) is 0 Å². The normalized spacial score (nSPS) is 28.2. The zero-order chi connectivity index (χ0) is 36.8. The number of allylic oxidation sites excluding steroid dienone is 1. The van der Waals surface area contributed by atoms with Crippen LogP contribution in [0, 0.1) is 5.92 Å². The second-order valence-electron chi connectivity index (χ2n) is 15.2. The molecule has 3 amide bonds. The van der Waals surface area contributed by atoms with Gasteiger partial charge in [-0.1, -0.05) is 60.9 Å². The molecule has 278 valence electrons. The van der Waals surface area contributed by atoms with Crippen LogP contribution < -0.4 is 20.1 Å². The maximum Gasteiger partial charge on any atom is 0.297 e. The summed E-state index contributed by atoms with van der Waals surface area (Å²) in [5.41, 5.74) is 0.739. The number of ether oxygens (including phenoxy) is 1. The lowest BCUT2D eigenvalue weighted by molar-refractivity contribution is -0.140. The third-order valence-electron chi connectivity index (χ3n) is 11.0. The topological polar surface area (TPSA) is 152 Å².